The van der Waals surface area contributed by atoms with Gasteiger partial charge in [-0.2, -0.15) is 0 Å². The van der Waals surface area contributed by atoms with Crippen LogP contribution in [0.4, 0.5) is 0 Å². The maximum absolute atomic E-state index is 0. The van der Waals surface area contributed by atoms with Gasteiger partial charge in [0, 0.05) is 36.5 Å². The maximum atomic E-state index is 0. The van der Waals surface area contributed by atoms with Crippen LogP contribution in [0.3, 0.4) is 0 Å². The van der Waals surface area contributed by atoms with Crippen molar-refractivity contribution in [1.82, 2.24) is 0 Å². The van der Waals surface area contributed by atoms with E-state index in [0.717, 1.165) is 0 Å². The van der Waals surface area contributed by atoms with E-state index in [2.05, 4.69) is 0 Å². The summed E-state index contributed by atoms with van der Waals surface area (Å²) in [6, 6.07) is 0. The Morgan fingerprint density at radius 1 is 1.25 bits per heavy atom. The van der Waals surface area contributed by atoms with Crippen molar-refractivity contribution in [2.24, 2.45) is 0 Å². The molecule has 0 saturated carbocycles. The van der Waals surface area contributed by atoms with Gasteiger partial charge in [-0.25, -0.2) is 0 Å². The Balaban J connectivity index is 0. The number of hydrogen-bond acceptors (Lipinski definition) is 0. The zero-order chi connectivity index (χ0) is 0. The van der Waals surface area contributed by atoms with Crippen LogP contribution in [0.5, 0.6) is 0 Å². The van der Waals surface area contributed by atoms with Crippen LogP contribution in [0.25, 0.3) is 0 Å². The van der Waals surface area contributed by atoms with Crippen LogP contribution in [0.1, 0.15) is 2.85 Å². The van der Waals surface area contributed by atoms with E-state index < -0.39 is 0 Å². The molecule has 0 saturated heterocycles. The minimum Gasteiger partial charge on any atom is -1.00 e. The average molecular weight is 180 g/mol. The van der Waals surface area contributed by atoms with Gasteiger partial charge in [0.1, 0.15) is 0 Å². The van der Waals surface area contributed by atoms with Crippen molar-refractivity contribution in [2.45, 2.75) is 0 Å². The number of hydrogen-bond donors (Lipinski definition) is 0. The van der Waals surface area contributed by atoms with Crippen molar-refractivity contribution in [2.75, 3.05) is 0 Å². The quantitative estimate of drug-likeness (QED) is 0.393. The Bertz CT molecular complexity index is 13.5. The summed E-state index contributed by atoms with van der Waals surface area (Å²) >= 11 is 0. The SMILES string of the molecule is [Fe].[H-].[H-].[Mg+2].[SiH4].[Zn]. The first-order valence-electron chi connectivity index (χ1n) is 0. The molecule has 0 aromatic heterocycles. The third-order valence-corrected chi connectivity index (χ3v) is 0. The standard InChI is InChI=1S/Fe.Mg.H4Si.Zn.2H/h;;1H4;;;/q;+2;;;2*-1. The van der Waals surface area contributed by atoms with Gasteiger partial charge < -0.3 is 2.85 Å². The van der Waals surface area contributed by atoms with Crippen LogP contribution in [0.15, 0.2) is 0 Å². The van der Waals surface area contributed by atoms with Gasteiger partial charge in [0.15, 0.2) is 0 Å². The third kappa shape index (κ3) is 8.92. The summed E-state index contributed by atoms with van der Waals surface area (Å²) in [6.07, 6.45) is 0. The first-order valence-corrected chi connectivity index (χ1v) is 0. The predicted octanol–water partition coefficient (Wildman–Crippen LogP) is -1.61. The summed E-state index contributed by atoms with van der Waals surface area (Å²) in [6.45, 7) is 0. The van der Waals surface area contributed by atoms with Crippen molar-refractivity contribution in [3.63, 3.8) is 0 Å². The largest absolute Gasteiger partial charge is 2.00 e. The van der Waals surface area contributed by atoms with E-state index in [1.54, 1.807) is 0 Å². The molecule has 0 aliphatic carbocycles. The van der Waals surface area contributed by atoms with E-state index in [4.69, 9.17) is 0 Å². The van der Waals surface area contributed by atoms with Gasteiger partial charge in [-0.05, 0) is 11.0 Å². The Morgan fingerprint density at radius 3 is 1.25 bits per heavy atom. The Labute approximate surface area is 72.9 Å². The molecule has 4 heavy (non-hydrogen) atoms. The van der Waals surface area contributed by atoms with Crippen LogP contribution in [0, 0.1) is 0 Å². The molecule has 0 aliphatic rings. The minimum absolute atomic E-state index is 0. The normalized spacial score (nSPS) is 0. The van der Waals surface area contributed by atoms with E-state index in [9.17, 15) is 0 Å². The smallest absolute Gasteiger partial charge is 1.00 e. The number of rotatable bonds is 0. The zero-order valence-corrected chi connectivity index (χ0v) is 7.25. The van der Waals surface area contributed by atoms with Gasteiger partial charge in [0.2, 0.25) is 0 Å². The second-order valence-electron chi connectivity index (χ2n) is 0. The van der Waals surface area contributed by atoms with E-state index >= 15 is 0 Å². The molecule has 22 valence electrons. The van der Waals surface area contributed by atoms with Crippen LogP contribution in [-0.4, -0.2) is 34.0 Å². The van der Waals surface area contributed by atoms with E-state index in [1.807, 2.05) is 0 Å². The third-order valence-electron chi connectivity index (χ3n) is 0. The zero-order valence-electron chi connectivity index (χ0n) is 3.77. The molecular formula is H6FeMgSiZn. The molecule has 0 rings (SSSR count). The summed E-state index contributed by atoms with van der Waals surface area (Å²) in [7, 11) is 0. The van der Waals surface area contributed by atoms with Crippen molar-refractivity contribution in [3.05, 3.63) is 0 Å². The van der Waals surface area contributed by atoms with Gasteiger partial charge >= 0.3 is 23.1 Å². The molecule has 4 heteroatoms. The Morgan fingerprint density at radius 2 is 1.25 bits per heavy atom. The molecule has 0 atom stereocenters. The summed E-state index contributed by atoms with van der Waals surface area (Å²) in [5.74, 6) is 0. The van der Waals surface area contributed by atoms with Crippen LogP contribution < -0.4 is 0 Å². The van der Waals surface area contributed by atoms with E-state index in [-0.39, 0.29) is 73.4 Å². The molecule has 0 fully saturated rings. The molecular weight excluding hydrogens is 174 g/mol. The fourth-order valence-electron chi connectivity index (χ4n) is 0. The van der Waals surface area contributed by atoms with Crippen LogP contribution >= 0.6 is 0 Å². The molecule has 0 amide bonds. The fourth-order valence-corrected chi connectivity index (χ4v) is 0. The van der Waals surface area contributed by atoms with Gasteiger partial charge in [-0.3, -0.25) is 0 Å². The fraction of sp³-hybridized carbons (Fsp3) is 0. The molecule has 0 aromatic carbocycles. The molecule has 0 aliphatic heterocycles. The molecule has 0 unspecified atom stereocenters. The van der Waals surface area contributed by atoms with E-state index in [0.29, 0.717) is 0 Å². The second kappa shape index (κ2) is 19.3. The summed E-state index contributed by atoms with van der Waals surface area (Å²) in [4.78, 5) is 0. The minimum atomic E-state index is 0. The Hall–Kier alpha value is 2.13. The Kier molecular flexibility index (Phi) is 172. The first-order chi connectivity index (χ1) is 0. The van der Waals surface area contributed by atoms with Gasteiger partial charge in [0.05, 0.1) is 0 Å². The molecule has 0 radical (unpaired) electrons. The van der Waals surface area contributed by atoms with Crippen LogP contribution in [-0.2, 0) is 36.5 Å². The summed E-state index contributed by atoms with van der Waals surface area (Å²) in [5.41, 5.74) is 0. The average Bonchev–Trinajstić information content (AvgIpc) is 0. The van der Waals surface area contributed by atoms with Crippen molar-refractivity contribution >= 4 is 34.0 Å². The molecule has 0 heterocycles. The molecule has 0 spiro atoms. The monoisotopic (exact) mass is 178 g/mol. The maximum Gasteiger partial charge on any atom is 2.00 e. The van der Waals surface area contributed by atoms with Crippen molar-refractivity contribution in [3.8, 4) is 0 Å². The van der Waals surface area contributed by atoms with Gasteiger partial charge in [-0.1, -0.05) is 0 Å². The van der Waals surface area contributed by atoms with Crippen LogP contribution in [0.2, 0.25) is 0 Å². The van der Waals surface area contributed by atoms with Gasteiger partial charge in [-0.15, -0.1) is 0 Å². The van der Waals surface area contributed by atoms with Gasteiger partial charge in [0.25, 0.3) is 0 Å². The molecule has 0 N–H and O–H groups in total. The summed E-state index contributed by atoms with van der Waals surface area (Å²) < 4.78 is 0. The topological polar surface area (TPSA) is 0 Å². The molecule has 0 bridgehead atoms. The molecule has 0 nitrogen and oxygen atoms in total. The van der Waals surface area contributed by atoms with E-state index in [1.165, 1.54) is 0 Å². The first kappa shape index (κ1) is 35.6. The predicted molar refractivity (Wildman–Crippen MR) is 19.3 cm³/mol. The van der Waals surface area contributed by atoms with Crippen molar-refractivity contribution < 1.29 is 39.4 Å². The second-order valence-corrected chi connectivity index (χ2v) is 0. The molecule has 0 aromatic rings. The van der Waals surface area contributed by atoms with Crippen molar-refractivity contribution in [1.29, 1.82) is 0 Å². The summed E-state index contributed by atoms with van der Waals surface area (Å²) in [5, 5.41) is 0.